The highest BCUT2D eigenvalue weighted by atomic mass is 32.2. The third kappa shape index (κ3) is 3.88. The standard InChI is InChI=1S/C24H17N3O2S/c1-29-24(28)23-20(15-30-21-13-16(14-25)11-12-26-21)27-19-10-6-5-9-18(19)22(23)17-7-3-2-4-8-17/h2-13H,15H2,1H3. The van der Waals surface area contributed by atoms with Crippen LogP contribution in [0, 0.1) is 11.3 Å². The van der Waals surface area contributed by atoms with Crippen molar-refractivity contribution in [2.45, 2.75) is 10.8 Å². The number of hydrogen-bond donors (Lipinski definition) is 0. The van der Waals surface area contributed by atoms with Crippen molar-refractivity contribution in [2.24, 2.45) is 0 Å². The van der Waals surface area contributed by atoms with Crippen molar-refractivity contribution in [1.82, 2.24) is 9.97 Å². The normalized spacial score (nSPS) is 10.5. The SMILES string of the molecule is COC(=O)c1c(CSc2cc(C#N)ccn2)nc2ccccc2c1-c1ccccc1. The first-order valence-electron chi connectivity index (χ1n) is 9.25. The molecule has 0 aliphatic heterocycles. The first-order chi connectivity index (χ1) is 14.7. The summed E-state index contributed by atoms with van der Waals surface area (Å²) in [5.41, 5.74) is 4.14. The Morgan fingerprint density at radius 1 is 1.10 bits per heavy atom. The van der Waals surface area contributed by atoms with E-state index in [0.29, 0.717) is 27.6 Å². The fourth-order valence-electron chi connectivity index (χ4n) is 3.29. The maximum atomic E-state index is 12.9. The van der Waals surface area contributed by atoms with E-state index in [2.05, 4.69) is 11.1 Å². The summed E-state index contributed by atoms with van der Waals surface area (Å²) < 4.78 is 5.13. The van der Waals surface area contributed by atoms with Crippen LogP contribution in [-0.2, 0) is 10.5 Å². The van der Waals surface area contributed by atoms with Crippen molar-refractivity contribution in [1.29, 1.82) is 5.26 Å². The van der Waals surface area contributed by atoms with Crippen molar-refractivity contribution in [3.05, 3.63) is 89.7 Å². The third-order valence-corrected chi connectivity index (χ3v) is 5.58. The molecule has 30 heavy (non-hydrogen) atoms. The number of hydrogen-bond acceptors (Lipinski definition) is 6. The van der Waals surface area contributed by atoms with Gasteiger partial charge in [0.05, 0.1) is 40.5 Å². The van der Waals surface area contributed by atoms with Crippen LogP contribution in [-0.4, -0.2) is 23.0 Å². The van der Waals surface area contributed by atoms with Crippen LogP contribution in [0.2, 0.25) is 0 Å². The summed E-state index contributed by atoms with van der Waals surface area (Å²) in [6, 6.07) is 23.0. The molecule has 2 aromatic heterocycles. The maximum absolute atomic E-state index is 12.9. The number of aromatic nitrogens is 2. The number of nitrogens with zero attached hydrogens (tertiary/aromatic N) is 3. The Kier molecular flexibility index (Phi) is 5.73. The van der Waals surface area contributed by atoms with Gasteiger partial charge in [0.25, 0.3) is 0 Å². The Bertz CT molecular complexity index is 1270. The van der Waals surface area contributed by atoms with E-state index in [1.54, 1.807) is 18.3 Å². The van der Waals surface area contributed by atoms with E-state index >= 15 is 0 Å². The number of rotatable bonds is 5. The molecule has 2 heterocycles. The molecular weight excluding hydrogens is 394 g/mol. The molecule has 4 aromatic rings. The predicted molar refractivity (Wildman–Crippen MR) is 117 cm³/mol. The van der Waals surface area contributed by atoms with Gasteiger partial charge >= 0.3 is 5.97 Å². The van der Waals surface area contributed by atoms with Gasteiger partial charge in [-0.3, -0.25) is 4.98 Å². The molecule has 0 saturated carbocycles. The molecule has 0 atom stereocenters. The second kappa shape index (κ2) is 8.76. The second-order valence-corrected chi connectivity index (χ2v) is 7.46. The van der Waals surface area contributed by atoms with Crippen LogP contribution in [0.5, 0.6) is 0 Å². The molecule has 5 nitrogen and oxygen atoms in total. The smallest absolute Gasteiger partial charge is 0.340 e. The Balaban J connectivity index is 1.88. The molecule has 0 bridgehead atoms. The van der Waals surface area contributed by atoms with Crippen LogP contribution in [0.25, 0.3) is 22.0 Å². The molecule has 0 aliphatic carbocycles. The number of fused-ring (bicyclic) bond motifs is 1. The quantitative estimate of drug-likeness (QED) is 0.330. The number of para-hydroxylation sites is 1. The van der Waals surface area contributed by atoms with E-state index < -0.39 is 5.97 Å². The average molecular weight is 411 g/mol. The average Bonchev–Trinajstić information content (AvgIpc) is 2.81. The number of benzene rings is 2. The largest absolute Gasteiger partial charge is 0.465 e. The lowest BCUT2D eigenvalue weighted by atomic mass is 9.94. The highest BCUT2D eigenvalue weighted by Crippen LogP contribution is 2.35. The van der Waals surface area contributed by atoms with Gasteiger partial charge in [0.2, 0.25) is 0 Å². The van der Waals surface area contributed by atoms with Crippen molar-refractivity contribution in [3.63, 3.8) is 0 Å². The van der Waals surface area contributed by atoms with Crippen LogP contribution < -0.4 is 0 Å². The Morgan fingerprint density at radius 2 is 1.87 bits per heavy atom. The Hall–Kier alpha value is -3.69. The lowest BCUT2D eigenvalue weighted by Crippen LogP contribution is -2.10. The van der Waals surface area contributed by atoms with E-state index in [1.165, 1.54) is 18.9 Å². The second-order valence-electron chi connectivity index (χ2n) is 6.47. The molecule has 0 unspecified atom stereocenters. The fourth-order valence-corrected chi connectivity index (χ4v) is 4.13. The summed E-state index contributed by atoms with van der Waals surface area (Å²) in [7, 11) is 1.38. The number of ether oxygens (including phenoxy) is 1. The monoisotopic (exact) mass is 411 g/mol. The van der Waals surface area contributed by atoms with Gasteiger partial charge in [-0.1, -0.05) is 60.3 Å². The molecule has 2 aromatic carbocycles. The molecule has 0 fully saturated rings. The van der Waals surface area contributed by atoms with Gasteiger partial charge < -0.3 is 4.74 Å². The van der Waals surface area contributed by atoms with E-state index in [1.807, 2.05) is 54.6 Å². The number of carbonyl (C=O) groups is 1. The van der Waals surface area contributed by atoms with E-state index in [9.17, 15) is 4.79 Å². The number of esters is 1. The van der Waals surface area contributed by atoms with Crippen molar-refractivity contribution in [2.75, 3.05) is 7.11 Å². The first-order valence-corrected chi connectivity index (χ1v) is 10.2. The summed E-state index contributed by atoms with van der Waals surface area (Å²) >= 11 is 1.43. The predicted octanol–water partition coefficient (Wildman–Crippen LogP) is 5.25. The zero-order valence-corrected chi connectivity index (χ0v) is 17.0. The zero-order valence-electron chi connectivity index (χ0n) is 16.2. The van der Waals surface area contributed by atoms with Gasteiger partial charge in [-0.25, -0.2) is 9.78 Å². The van der Waals surface area contributed by atoms with Crippen LogP contribution in [0.3, 0.4) is 0 Å². The van der Waals surface area contributed by atoms with E-state index in [-0.39, 0.29) is 0 Å². The van der Waals surface area contributed by atoms with Crippen LogP contribution in [0.4, 0.5) is 0 Å². The lowest BCUT2D eigenvalue weighted by Gasteiger charge is -2.16. The number of methoxy groups -OCH3 is 1. The molecule has 0 amide bonds. The van der Waals surface area contributed by atoms with E-state index in [0.717, 1.165) is 22.0 Å². The Morgan fingerprint density at radius 3 is 2.63 bits per heavy atom. The zero-order chi connectivity index (χ0) is 20.9. The van der Waals surface area contributed by atoms with Crippen molar-refractivity contribution >= 4 is 28.6 Å². The van der Waals surface area contributed by atoms with Crippen LogP contribution in [0.1, 0.15) is 21.6 Å². The van der Waals surface area contributed by atoms with Crippen LogP contribution in [0.15, 0.2) is 78.0 Å². The molecule has 0 aliphatic rings. The number of thioether (sulfide) groups is 1. The summed E-state index contributed by atoms with van der Waals surface area (Å²) in [5, 5.41) is 10.7. The Labute approximate surface area is 178 Å². The number of nitriles is 1. The highest BCUT2D eigenvalue weighted by molar-refractivity contribution is 7.98. The molecule has 0 N–H and O–H groups in total. The molecule has 4 rings (SSSR count). The molecule has 0 spiro atoms. The van der Waals surface area contributed by atoms with E-state index in [4.69, 9.17) is 15.0 Å². The van der Waals surface area contributed by atoms with Gasteiger partial charge in [0.1, 0.15) is 0 Å². The van der Waals surface area contributed by atoms with Crippen molar-refractivity contribution < 1.29 is 9.53 Å². The van der Waals surface area contributed by atoms with Gasteiger partial charge in [0.15, 0.2) is 0 Å². The molecule has 146 valence electrons. The van der Waals surface area contributed by atoms with Gasteiger partial charge in [-0.05, 0) is 23.8 Å². The topological polar surface area (TPSA) is 75.9 Å². The van der Waals surface area contributed by atoms with Gasteiger partial charge in [-0.15, -0.1) is 0 Å². The number of pyridine rings is 2. The maximum Gasteiger partial charge on any atom is 0.340 e. The van der Waals surface area contributed by atoms with Crippen LogP contribution >= 0.6 is 11.8 Å². The van der Waals surface area contributed by atoms with Gasteiger partial charge in [-0.2, -0.15) is 5.26 Å². The molecule has 0 saturated heterocycles. The lowest BCUT2D eigenvalue weighted by molar-refractivity contribution is 0.0600. The summed E-state index contributed by atoms with van der Waals surface area (Å²) in [4.78, 5) is 21.9. The highest BCUT2D eigenvalue weighted by Gasteiger charge is 2.23. The summed E-state index contributed by atoms with van der Waals surface area (Å²) in [5.74, 6) is -0.0155. The minimum Gasteiger partial charge on any atom is -0.465 e. The van der Waals surface area contributed by atoms with Crippen molar-refractivity contribution in [3.8, 4) is 17.2 Å². The first kappa shape index (κ1) is 19.6. The third-order valence-electron chi connectivity index (χ3n) is 4.64. The molecular formula is C24H17N3O2S. The summed E-state index contributed by atoms with van der Waals surface area (Å²) in [6.07, 6.45) is 1.60. The fraction of sp³-hybridized carbons (Fsp3) is 0.0833. The molecule has 6 heteroatoms. The number of carbonyl (C=O) groups excluding carboxylic acids is 1. The van der Waals surface area contributed by atoms with Gasteiger partial charge in [0, 0.05) is 22.9 Å². The minimum absolute atomic E-state index is 0.414. The molecule has 0 radical (unpaired) electrons. The summed E-state index contributed by atoms with van der Waals surface area (Å²) in [6.45, 7) is 0. The minimum atomic E-state index is -0.429.